The fourth-order valence-corrected chi connectivity index (χ4v) is 1.83. The Kier molecular flexibility index (Phi) is 2.37. The molecular formula is C8H9N3OS. The van der Waals surface area contributed by atoms with Crippen molar-refractivity contribution in [3.05, 3.63) is 34.5 Å². The van der Waals surface area contributed by atoms with Crippen LogP contribution in [0.15, 0.2) is 23.8 Å². The average molecular weight is 195 g/mol. The van der Waals surface area contributed by atoms with Crippen molar-refractivity contribution in [2.45, 2.75) is 12.5 Å². The lowest BCUT2D eigenvalue weighted by Gasteiger charge is -2.03. The normalized spacial score (nSPS) is 13.0. The topological polar surface area (TPSA) is 61.8 Å². The maximum absolute atomic E-state index is 9.65. The summed E-state index contributed by atoms with van der Waals surface area (Å²) in [4.78, 5) is 5.03. The van der Waals surface area contributed by atoms with Crippen LogP contribution in [0.5, 0.6) is 0 Å². The molecule has 0 radical (unpaired) electrons. The summed E-state index contributed by atoms with van der Waals surface area (Å²) in [5.74, 6) is 0.522. The van der Waals surface area contributed by atoms with Gasteiger partial charge in [0.1, 0.15) is 12.4 Å². The number of H-pyrrole nitrogens is 1. The first-order valence-electron chi connectivity index (χ1n) is 3.92. The molecule has 0 aromatic carbocycles. The second kappa shape index (κ2) is 3.68. The molecule has 0 fully saturated rings. The van der Waals surface area contributed by atoms with Gasteiger partial charge in [0.05, 0.1) is 0 Å². The third-order valence-corrected chi connectivity index (χ3v) is 2.62. The predicted octanol–water partition coefficient (Wildman–Crippen LogP) is 1.14. The summed E-state index contributed by atoms with van der Waals surface area (Å²) in [6.45, 7) is 0. The maximum Gasteiger partial charge on any atom is 0.153 e. The molecule has 0 saturated heterocycles. The van der Waals surface area contributed by atoms with Crippen molar-refractivity contribution in [1.82, 2.24) is 15.2 Å². The Bertz CT molecular complexity index is 343. The van der Waals surface area contributed by atoms with E-state index in [2.05, 4.69) is 15.2 Å². The van der Waals surface area contributed by atoms with Gasteiger partial charge < -0.3 is 5.11 Å². The third kappa shape index (κ3) is 1.93. The number of nitrogens with zero attached hydrogens (tertiary/aromatic N) is 2. The van der Waals surface area contributed by atoms with E-state index in [9.17, 15) is 5.11 Å². The summed E-state index contributed by atoms with van der Waals surface area (Å²) in [7, 11) is 0. The van der Waals surface area contributed by atoms with Crippen molar-refractivity contribution >= 4 is 11.3 Å². The van der Waals surface area contributed by atoms with Crippen LogP contribution in [0, 0.1) is 0 Å². The third-order valence-electron chi connectivity index (χ3n) is 1.72. The van der Waals surface area contributed by atoms with Crippen LogP contribution in [0.1, 0.15) is 16.8 Å². The van der Waals surface area contributed by atoms with Crippen LogP contribution < -0.4 is 0 Å². The van der Waals surface area contributed by atoms with Gasteiger partial charge in [-0.1, -0.05) is 6.07 Å². The number of hydrogen-bond acceptors (Lipinski definition) is 4. The zero-order valence-electron chi connectivity index (χ0n) is 6.84. The van der Waals surface area contributed by atoms with Gasteiger partial charge in [0.2, 0.25) is 0 Å². The molecule has 2 aromatic rings. The molecule has 1 atom stereocenters. The molecule has 0 aliphatic carbocycles. The van der Waals surface area contributed by atoms with Crippen molar-refractivity contribution in [3.8, 4) is 0 Å². The molecule has 68 valence electrons. The van der Waals surface area contributed by atoms with Gasteiger partial charge in [-0.2, -0.15) is 5.10 Å². The van der Waals surface area contributed by atoms with E-state index in [1.165, 1.54) is 6.33 Å². The van der Waals surface area contributed by atoms with E-state index in [1.54, 1.807) is 11.3 Å². The SMILES string of the molecule is OC(Cc1cccs1)c1ncn[nH]1. The summed E-state index contributed by atoms with van der Waals surface area (Å²) in [5.41, 5.74) is 0. The summed E-state index contributed by atoms with van der Waals surface area (Å²) in [6, 6.07) is 3.96. The van der Waals surface area contributed by atoms with Crippen LogP contribution in [0.3, 0.4) is 0 Å². The number of aliphatic hydroxyl groups excluding tert-OH is 1. The number of thiophene rings is 1. The highest BCUT2D eigenvalue weighted by molar-refractivity contribution is 7.09. The number of hydrogen-bond donors (Lipinski definition) is 2. The number of rotatable bonds is 3. The highest BCUT2D eigenvalue weighted by Crippen LogP contribution is 2.17. The van der Waals surface area contributed by atoms with Crippen LogP contribution in [-0.4, -0.2) is 20.3 Å². The van der Waals surface area contributed by atoms with E-state index in [-0.39, 0.29) is 0 Å². The van der Waals surface area contributed by atoms with E-state index < -0.39 is 6.10 Å². The van der Waals surface area contributed by atoms with Crippen LogP contribution in [0.2, 0.25) is 0 Å². The van der Waals surface area contributed by atoms with Gasteiger partial charge in [-0.25, -0.2) is 4.98 Å². The number of aliphatic hydroxyl groups is 1. The molecule has 0 spiro atoms. The van der Waals surface area contributed by atoms with Crippen molar-refractivity contribution in [1.29, 1.82) is 0 Å². The smallest absolute Gasteiger partial charge is 0.153 e. The summed E-state index contributed by atoms with van der Waals surface area (Å²) < 4.78 is 0. The molecule has 2 rings (SSSR count). The Morgan fingerprint density at radius 3 is 3.15 bits per heavy atom. The summed E-state index contributed by atoms with van der Waals surface area (Å²) >= 11 is 1.63. The van der Waals surface area contributed by atoms with Crippen LogP contribution in [-0.2, 0) is 6.42 Å². The molecule has 13 heavy (non-hydrogen) atoms. The van der Waals surface area contributed by atoms with Crippen molar-refractivity contribution in [2.24, 2.45) is 0 Å². The molecule has 0 bridgehead atoms. The van der Waals surface area contributed by atoms with Crippen LogP contribution in [0.4, 0.5) is 0 Å². The van der Waals surface area contributed by atoms with Crippen LogP contribution >= 0.6 is 11.3 Å². The molecular weight excluding hydrogens is 186 g/mol. The van der Waals surface area contributed by atoms with Gasteiger partial charge in [-0.15, -0.1) is 11.3 Å². The van der Waals surface area contributed by atoms with Gasteiger partial charge in [0.25, 0.3) is 0 Å². The lowest BCUT2D eigenvalue weighted by molar-refractivity contribution is 0.169. The predicted molar refractivity (Wildman–Crippen MR) is 49.4 cm³/mol. The zero-order valence-corrected chi connectivity index (χ0v) is 7.66. The Labute approximate surface area is 79.3 Å². The highest BCUT2D eigenvalue weighted by Gasteiger charge is 2.11. The molecule has 2 aromatic heterocycles. The molecule has 1 unspecified atom stereocenters. The molecule has 0 saturated carbocycles. The Balaban J connectivity index is 2.04. The fraction of sp³-hybridized carbons (Fsp3) is 0.250. The molecule has 2 heterocycles. The van der Waals surface area contributed by atoms with Gasteiger partial charge in [-0.3, -0.25) is 5.10 Å². The van der Waals surface area contributed by atoms with E-state index in [4.69, 9.17) is 0 Å². The van der Waals surface area contributed by atoms with Crippen molar-refractivity contribution in [2.75, 3.05) is 0 Å². The van der Waals surface area contributed by atoms with Gasteiger partial charge in [0, 0.05) is 11.3 Å². The minimum atomic E-state index is -0.582. The Morgan fingerprint density at radius 2 is 2.54 bits per heavy atom. The van der Waals surface area contributed by atoms with E-state index >= 15 is 0 Å². The number of aromatic amines is 1. The van der Waals surface area contributed by atoms with Gasteiger partial charge in [-0.05, 0) is 11.4 Å². The second-order valence-electron chi connectivity index (χ2n) is 2.67. The summed E-state index contributed by atoms with van der Waals surface area (Å²) in [6.07, 6.45) is 1.40. The van der Waals surface area contributed by atoms with E-state index in [0.29, 0.717) is 12.2 Å². The summed E-state index contributed by atoms with van der Waals surface area (Å²) in [5, 5.41) is 18.0. The molecule has 5 heteroatoms. The highest BCUT2D eigenvalue weighted by atomic mass is 32.1. The molecule has 2 N–H and O–H groups in total. The van der Waals surface area contributed by atoms with Crippen molar-refractivity contribution < 1.29 is 5.11 Å². The first kappa shape index (κ1) is 8.40. The van der Waals surface area contributed by atoms with Gasteiger partial charge in [0.15, 0.2) is 5.82 Å². The van der Waals surface area contributed by atoms with E-state index in [0.717, 1.165) is 4.88 Å². The van der Waals surface area contributed by atoms with Crippen molar-refractivity contribution in [3.63, 3.8) is 0 Å². The second-order valence-corrected chi connectivity index (χ2v) is 3.70. The van der Waals surface area contributed by atoms with Crippen LogP contribution in [0.25, 0.3) is 0 Å². The first-order valence-corrected chi connectivity index (χ1v) is 4.80. The molecule has 0 aliphatic heterocycles. The largest absolute Gasteiger partial charge is 0.385 e. The maximum atomic E-state index is 9.65. The molecule has 0 amide bonds. The van der Waals surface area contributed by atoms with Gasteiger partial charge >= 0.3 is 0 Å². The Hall–Kier alpha value is -1.20. The lowest BCUT2D eigenvalue weighted by atomic mass is 10.2. The van der Waals surface area contributed by atoms with E-state index in [1.807, 2.05) is 17.5 Å². The molecule has 4 nitrogen and oxygen atoms in total. The quantitative estimate of drug-likeness (QED) is 0.772. The monoisotopic (exact) mass is 195 g/mol. The minimum absolute atomic E-state index is 0.522. The number of aromatic nitrogens is 3. The number of nitrogens with one attached hydrogen (secondary N) is 1. The average Bonchev–Trinajstić information content (AvgIpc) is 2.74. The zero-order chi connectivity index (χ0) is 9.10. The minimum Gasteiger partial charge on any atom is -0.385 e. The first-order chi connectivity index (χ1) is 6.36. The lowest BCUT2D eigenvalue weighted by Crippen LogP contribution is -2.02. The molecule has 0 aliphatic rings. The Morgan fingerprint density at radius 1 is 1.62 bits per heavy atom. The standard InChI is InChI=1S/C8H9N3OS/c12-7(8-9-5-10-11-8)4-6-2-1-3-13-6/h1-3,5,7,12H,4H2,(H,9,10,11). The fourth-order valence-electron chi connectivity index (χ4n) is 1.09.